The zero-order chi connectivity index (χ0) is 10.4. The van der Waals surface area contributed by atoms with Crippen LogP contribution >= 0.6 is 0 Å². The van der Waals surface area contributed by atoms with Crippen molar-refractivity contribution in [1.82, 2.24) is 0 Å². The van der Waals surface area contributed by atoms with Crippen LogP contribution in [0.2, 0.25) is 0 Å². The quantitative estimate of drug-likeness (QED) is 0.775. The van der Waals surface area contributed by atoms with Gasteiger partial charge in [-0.1, -0.05) is 13.0 Å². The second-order valence-corrected chi connectivity index (χ2v) is 3.36. The van der Waals surface area contributed by atoms with Crippen molar-refractivity contribution in [3.63, 3.8) is 0 Å². The van der Waals surface area contributed by atoms with Gasteiger partial charge < -0.3 is 10.1 Å². The number of hydrogen-bond acceptors (Lipinski definition) is 2. The van der Waals surface area contributed by atoms with Crippen LogP contribution in [0.3, 0.4) is 0 Å². The third-order valence-electron chi connectivity index (χ3n) is 2.00. The van der Waals surface area contributed by atoms with Crippen molar-refractivity contribution >= 4 is 5.69 Å². The van der Waals surface area contributed by atoms with Crippen LogP contribution in [-0.2, 0) is 0 Å². The molecule has 0 saturated heterocycles. The first-order chi connectivity index (χ1) is 6.77. The fourth-order valence-corrected chi connectivity index (χ4v) is 1.32. The van der Waals surface area contributed by atoms with E-state index in [1.54, 1.807) is 0 Å². The molecule has 1 aromatic carbocycles. The van der Waals surface area contributed by atoms with Crippen LogP contribution in [0.4, 0.5) is 5.69 Å². The van der Waals surface area contributed by atoms with Crippen molar-refractivity contribution in [2.45, 2.75) is 27.2 Å². The molecule has 0 aliphatic heterocycles. The molecule has 0 saturated carbocycles. The second kappa shape index (κ2) is 5.53. The molecule has 78 valence electrons. The molecule has 0 spiro atoms. The lowest BCUT2D eigenvalue weighted by Gasteiger charge is -2.12. The van der Waals surface area contributed by atoms with Crippen molar-refractivity contribution in [2.24, 2.45) is 0 Å². The van der Waals surface area contributed by atoms with E-state index in [1.165, 1.54) is 5.56 Å². The summed E-state index contributed by atoms with van der Waals surface area (Å²) in [5, 5.41) is 3.36. The first-order valence-corrected chi connectivity index (χ1v) is 5.25. The van der Waals surface area contributed by atoms with Gasteiger partial charge in [0.25, 0.3) is 0 Å². The maximum absolute atomic E-state index is 5.53. The van der Waals surface area contributed by atoms with Gasteiger partial charge in [-0.2, -0.15) is 0 Å². The highest BCUT2D eigenvalue weighted by Gasteiger charge is 2.01. The topological polar surface area (TPSA) is 21.3 Å². The summed E-state index contributed by atoms with van der Waals surface area (Å²) in [5.74, 6) is 0.951. The van der Waals surface area contributed by atoms with Crippen LogP contribution in [0.25, 0.3) is 0 Å². The summed E-state index contributed by atoms with van der Waals surface area (Å²) in [6, 6.07) is 6.22. The number of nitrogens with one attached hydrogen (secondary N) is 1. The van der Waals surface area contributed by atoms with Gasteiger partial charge in [-0.15, -0.1) is 0 Å². The van der Waals surface area contributed by atoms with Crippen molar-refractivity contribution in [2.75, 3.05) is 18.5 Å². The van der Waals surface area contributed by atoms with Crippen molar-refractivity contribution in [3.8, 4) is 5.75 Å². The predicted octanol–water partition coefficient (Wildman–Crippen LogP) is 3.22. The number of aryl methyl sites for hydroxylation is 1. The third-order valence-corrected chi connectivity index (χ3v) is 2.00. The summed E-state index contributed by atoms with van der Waals surface area (Å²) < 4.78 is 5.53. The summed E-state index contributed by atoms with van der Waals surface area (Å²) in [4.78, 5) is 0. The van der Waals surface area contributed by atoms with E-state index in [0.717, 1.165) is 24.4 Å². The Labute approximate surface area is 86.3 Å². The van der Waals surface area contributed by atoms with E-state index < -0.39 is 0 Å². The second-order valence-electron chi connectivity index (χ2n) is 3.36. The molecule has 0 bridgehead atoms. The Balaban J connectivity index is 2.79. The van der Waals surface area contributed by atoms with E-state index >= 15 is 0 Å². The van der Waals surface area contributed by atoms with Gasteiger partial charge in [0.05, 0.1) is 12.3 Å². The van der Waals surface area contributed by atoms with Crippen LogP contribution in [0.1, 0.15) is 25.8 Å². The summed E-state index contributed by atoms with van der Waals surface area (Å²) in [6.07, 6.45) is 1.12. The number of benzene rings is 1. The van der Waals surface area contributed by atoms with E-state index in [9.17, 15) is 0 Å². The Hall–Kier alpha value is -1.18. The van der Waals surface area contributed by atoms with Gasteiger partial charge in [0.15, 0.2) is 0 Å². The van der Waals surface area contributed by atoms with E-state index in [2.05, 4.69) is 31.3 Å². The molecule has 1 aromatic rings. The van der Waals surface area contributed by atoms with Gasteiger partial charge in [0, 0.05) is 6.54 Å². The molecular formula is C12H19NO. The lowest BCUT2D eigenvalue weighted by molar-refractivity contribution is 0.341. The lowest BCUT2D eigenvalue weighted by atomic mass is 10.2. The Morgan fingerprint density at radius 3 is 2.71 bits per heavy atom. The Bertz CT molecular complexity index is 284. The number of hydrogen-bond donors (Lipinski definition) is 1. The number of anilines is 1. The highest BCUT2D eigenvalue weighted by atomic mass is 16.5. The molecule has 14 heavy (non-hydrogen) atoms. The minimum Gasteiger partial charge on any atom is -0.492 e. The maximum atomic E-state index is 5.53. The van der Waals surface area contributed by atoms with E-state index in [4.69, 9.17) is 4.74 Å². The van der Waals surface area contributed by atoms with Crippen LogP contribution in [-0.4, -0.2) is 13.2 Å². The normalized spacial score (nSPS) is 9.93. The van der Waals surface area contributed by atoms with E-state index in [-0.39, 0.29) is 0 Å². The summed E-state index contributed by atoms with van der Waals surface area (Å²) >= 11 is 0. The molecule has 1 N–H and O–H groups in total. The molecule has 2 heteroatoms. The molecular weight excluding hydrogens is 174 g/mol. The van der Waals surface area contributed by atoms with Gasteiger partial charge in [-0.05, 0) is 38.0 Å². The first-order valence-electron chi connectivity index (χ1n) is 5.25. The first kappa shape index (κ1) is 10.9. The van der Waals surface area contributed by atoms with Gasteiger partial charge >= 0.3 is 0 Å². The van der Waals surface area contributed by atoms with Crippen LogP contribution in [0, 0.1) is 6.92 Å². The molecule has 0 fully saturated rings. The highest BCUT2D eigenvalue weighted by Crippen LogP contribution is 2.25. The summed E-state index contributed by atoms with van der Waals surface area (Å²) in [7, 11) is 0. The van der Waals surface area contributed by atoms with Crippen molar-refractivity contribution in [3.05, 3.63) is 23.8 Å². The molecule has 0 heterocycles. The van der Waals surface area contributed by atoms with Gasteiger partial charge in [-0.3, -0.25) is 0 Å². The van der Waals surface area contributed by atoms with Gasteiger partial charge in [0.1, 0.15) is 5.75 Å². The molecule has 2 nitrogen and oxygen atoms in total. The largest absolute Gasteiger partial charge is 0.492 e. The molecule has 0 radical (unpaired) electrons. The van der Waals surface area contributed by atoms with Crippen molar-refractivity contribution in [1.29, 1.82) is 0 Å². The van der Waals surface area contributed by atoms with E-state index in [1.807, 2.05) is 13.0 Å². The molecule has 0 aliphatic rings. The summed E-state index contributed by atoms with van der Waals surface area (Å²) in [6.45, 7) is 7.95. The monoisotopic (exact) mass is 193 g/mol. The predicted molar refractivity (Wildman–Crippen MR) is 61.1 cm³/mol. The minimum atomic E-state index is 0.712. The van der Waals surface area contributed by atoms with Gasteiger partial charge in [-0.25, -0.2) is 0 Å². The standard InChI is InChI=1S/C12H19NO/c1-4-8-13-11-9-10(3)6-7-12(11)14-5-2/h6-7,9,13H,4-5,8H2,1-3H3. The number of rotatable bonds is 5. The Morgan fingerprint density at radius 2 is 2.07 bits per heavy atom. The Kier molecular flexibility index (Phi) is 4.30. The molecule has 0 aliphatic carbocycles. The SMILES string of the molecule is CCCNc1cc(C)ccc1OCC. The minimum absolute atomic E-state index is 0.712. The third kappa shape index (κ3) is 2.95. The zero-order valence-electron chi connectivity index (χ0n) is 9.26. The average Bonchev–Trinajstić information content (AvgIpc) is 2.18. The fraction of sp³-hybridized carbons (Fsp3) is 0.500. The molecule has 0 atom stereocenters. The molecule has 0 amide bonds. The Morgan fingerprint density at radius 1 is 1.29 bits per heavy atom. The molecule has 1 rings (SSSR count). The van der Waals surface area contributed by atoms with Crippen LogP contribution < -0.4 is 10.1 Å². The lowest BCUT2D eigenvalue weighted by Crippen LogP contribution is -2.03. The maximum Gasteiger partial charge on any atom is 0.142 e. The average molecular weight is 193 g/mol. The van der Waals surface area contributed by atoms with E-state index in [0.29, 0.717) is 6.61 Å². The summed E-state index contributed by atoms with van der Waals surface area (Å²) in [5.41, 5.74) is 2.36. The molecule has 0 unspecified atom stereocenters. The smallest absolute Gasteiger partial charge is 0.142 e. The highest BCUT2D eigenvalue weighted by molar-refractivity contribution is 5.57. The van der Waals surface area contributed by atoms with Crippen molar-refractivity contribution < 1.29 is 4.74 Å². The molecule has 0 aromatic heterocycles. The number of ether oxygens (including phenoxy) is 1. The zero-order valence-corrected chi connectivity index (χ0v) is 9.26. The fourth-order valence-electron chi connectivity index (χ4n) is 1.32. The van der Waals surface area contributed by atoms with Gasteiger partial charge in [0.2, 0.25) is 0 Å². The van der Waals surface area contributed by atoms with Crippen LogP contribution in [0.5, 0.6) is 5.75 Å². The van der Waals surface area contributed by atoms with Crippen LogP contribution in [0.15, 0.2) is 18.2 Å².